The minimum absolute atomic E-state index is 0.0516. The van der Waals surface area contributed by atoms with Crippen LogP contribution in [0.1, 0.15) is 0 Å². The van der Waals surface area contributed by atoms with Gasteiger partial charge in [-0.1, -0.05) is 12.2 Å². The highest BCUT2D eigenvalue weighted by Gasteiger charge is 2.08. The fourth-order valence-electron chi connectivity index (χ4n) is 0.955. The molecule has 0 aromatic heterocycles. The smallest absolute Gasteiger partial charge is 0.118 e. The Morgan fingerprint density at radius 3 is 2.92 bits per heavy atom. The third-order valence-electron chi connectivity index (χ3n) is 1.53. The molecule has 3 heteroatoms. The first-order chi connectivity index (χ1) is 5.74. The van der Waals surface area contributed by atoms with Gasteiger partial charge in [0.1, 0.15) is 11.5 Å². The van der Waals surface area contributed by atoms with E-state index in [2.05, 4.69) is 4.99 Å². The lowest BCUT2D eigenvalue weighted by molar-refractivity contribution is 0.372. The van der Waals surface area contributed by atoms with Crippen molar-refractivity contribution >= 4 is 6.21 Å². The van der Waals surface area contributed by atoms with Crippen molar-refractivity contribution in [1.82, 2.24) is 0 Å². The standard InChI is InChI=1S/C9H11NO2/c1-10-6-7-3-2-4-8(11)5-9(7)12/h2-7,11-12H,1H3/b10-6+. The average molecular weight is 165 g/mol. The molecule has 0 aliphatic heterocycles. The zero-order chi connectivity index (χ0) is 8.97. The summed E-state index contributed by atoms with van der Waals surface area (Å²) in [5.41, 5.74) is 0. The maximum Gasteiger partial charge on any atom is 0.118 e. The van der Waals surface area contributed by atoms with Gasteiger partial charge in [0.15, 0.2) is 0 Å². The van der Waals surface area contributed by atoms with Crippen LogP contribution in [0.25, 0.3) is 0 Å². The molecule has 0 saturated carbocycles. The number of rotatable bonds is 1. The van der Waals surface area contributed by atoms with Crippen molar-refractivity contribution in [1.29, 1.82) is 0 Å². The van der Waals surface area contributed by atoms with E-state index in [1.807, 2.05) is 0 Å². The highest BCUT2D eigenvalue weighted by atomic mass is 16.3. The molecule has 0 spiro atoms. The summed E-state index contributed by atoms with van der Waals surface area (Å²) < 4.78 is 0. The van der Waals surface area contributed by atoms with E-state index in [9.17, 15) is 5.11 Å². The van der Waals surface area contributed by atoms with Gasteiger partial charge in [0, 0.05) is 19.3 Å². The first kappa shape index (κ1) is 8.59. The number of hydrogen-bond acceptors (Lipinski definition) is 3. The van der Waals surface area contributed by atoms with Crippen LogP contribution in [0.2, 0.25) is 0 Å². The maximum absolute atomic E-state index is 9.37. The van der Waals surface area contributed by atoms with E-state index in [0.717, 1.165) is 0 Å². The Kier molecular flexibility index (Phi) is 2.69. The monoisotopic (exact) mass is 165 g/mol. The third kappa shape index (κ3) is 1.99. The summed E-state index contributed by atoms with van der Waals surface area (Å²) >= 11 is 0. The van der Waals surface area contributed by atoms with Gasteiger partial charge in [-0.25, -0.2) is 0 Å². The molecule has 12 heavy (non-hydrogen) atoms. The summed E-state index contributed by atoms with van der Waals surface area (Å²) in [6, 6.07) is 0. The van der Waals surface area contributed by atoms with Gasteiger partial charge in [0.05, 0.1) is 5.92 Å². The molecule has 0 heterocycles. The maximum atomic E-state index is 9.37. The second-order valence-electron chi connectivity index (χ2n) is 2.48. The zero-order valence-corrected chi connectivity index (χ0v) is 6.81. The lowest BCUT2D eigenvalue weighted by Gasteiger charge is -2.03. The van der Waals surface area contributed by atoms with Crippen molar-refractivity contribution in [3.8, 4) is 0 Å². The predicted octanol–water partition coefficient (Wildman–Crippen LogP) is 1.76. The molecule has 1 aliphatic rings. The predicted molar refractivity (Wildman–Crippen MR) is 48.5 cm³/mol. The molecule has 1 rings (SSSR count). The van der Waals surface area contributed by atoms with Crippen LogP contribution in [0.4, 0.5) is 0 Å². The molecule has 0 fully saturated rings. The van der Waals surface area contributed by atoms with Gasteiger partial charge in [-0.05, 0) is 6.08 Å². The molecular formula is C9H11NO2. The highest BCUT2D eigenvalue weighted by Crippen LogP contribution is 2.13. The summed E-state index contributed by atoms with van der Waals surface area (Å²) in [6.45, 7) is 0. The molecule has 0 radical (unpaired) electrons. The molecule has 0 saturated heterocycles. The summed E-state index contributed by atoms with van der Waals surface area (Å²) in [6.07, 6.45) is 7.87. The van der Waals surface area contributed by atoms with Crippen molar-refractivity contribution in [2.45, 2.75) is 0 Å². The summed E-state index contributed by atoms with van der Waals surface area (Å²) in [5.74, 6) is -0.0743. The van der Waals surface area contributed by atoms with Crippen LogP contribution < -0.4 is 0 Å². The van der Waals surface area contributed by atoms with Crippen LogP contribution in [0.5, 0.6) is 0 Å². The van der Waals surface area contributed by atoms with Gasteiger partial charge in [0.2, 0.25) is 0 Å². The Labute approximate surface area is 71.1 Å². The Balaban J connectivity index is 2.89. The van der Waals surface area contributed by atoms with Crippen molar-refractivity contribution in [3.05, 3.63) is 35.8 Å². The molecule has 2 N–H and O–H groups in total. The lowest BCUT2D eigenvalue weighted by Crippen LogP contribution is -2.01. The Hall–Kier alpha value is -1.51. The average Bonchev–Trinajstić information content (AvgIpc) is 2.15. The number of aliphatic imine (C=N–C) groups is 1. The second kappa shape index (κ2) is 3.76. The van der Waals surface area contributed by atoms with Crippen molar-refractivity contribution in [2.75, 3.05) is 7.05 Å². The summed E-state index contributed by atoms with van der Waals surface area (Å²) in [4.78, 5) is 3.79. The molecule has 0 amide bonds. The van der Waals surface area contributed by atoms with E-state index in [1.54, 1.807) is 25.4 Å². The van der Waals surface area contributed by atoms with Gasteiger partial charge < -0.3 is 10.2 Å². The number of aliphatic hydroxyl groups is 2. The van der Waals surface area contributed by atoms with Crippen molar-refractivity contribution in [3.63, 3.8) is 0 Å². The molecule has 0 aromatic rings. The van der Waals surface area contributed by atoms with E-state index in [0.29, 0.717) is 0 Å². The molecule has 3 nitrogen and oxygen atoms in total. The van der Waals surface area contributed by atoms with Crippen LogP contribution in [-0.2, 0) is 0 Å². The minimum atomic E-state index is -0.226. The van der Waals surface area contributed by atoms with E-state index in [-0.39, 0.29) is 17.4 Å². The fourth-order valence-corrected chi connectivity index (χ4v) is 0.955. The second-order valence-corrected chi connectivity index (χ2v) is 2.48. The summed E-state index contributed by atoms with van der Waals surface area (Å²) in [5, 5.41) is 18.4. The van der Waals surface area contributed by atoms with Crippen molar-refractivity contribution < 1.29 is 10.2 Å². The molecule has 0 bridgehead atoms. The topological polar surface area (TPSA) is 52.8 Å². The van der Waals surface area contributed by atoms with Crippen LogP contribution in [-0.4, -0.2) is 23.5 Å². The Morgan fingerprint density at radius 2 is 2.25 bits per heavy atom. The molecule has 1 unspecified atom stereocenters. The SMILES string of the molecule is C/N=C/C1C=CC=C(O)C=C1O. The minimum Gasteiger partial charge on any atom is -0.511 e. The normalized spacial score (nSPS) is 23.6. The van der Waals surface area contributed by atoms with Crippen LogP contribution in [0, 0.1) is 5.92 Å². The third-order valence-corrected chi connectivity index (χ3v) is 1.53. The molecule has 0 aromatic carbocycles. The largest absolute Gasteiger partial charge is 0.511 e. The van der Waals surface area contributed by atoms with E-state index in [4.69, 9.17) is 5.11 Å². The molecule has 1 aliphatic carbocycles. The Morgan fingerprint density at radius 1 is 1.50 bits per heavy atom. The first-order valence-electron chi connectivity index (χ1n) is 3.64. The van der Waals surface area contributed by atoms with Crippen LogP contribution in [0.15, 0.2) is 40.8 Å². The summed E-state index contributed by atoms with van der Waals surface area (Å²) in [7, 11) is 1.64. The van der Waals surface area contributed by atoms with Gasteiger partial charge in [-0.15, -0.1) is 0 Å². The number of aliphatic hydroxyl groups excluding tert-OH is 2. The quantitative estimate of drug-likeness (QED) is 0.581. The highest BCUT2D eigenvalue weighted by molar-refractivity contribution is 5.67. The van der Waals surface area contributed by atoms with E-state index >= 15 is 0 Å². The first-order valence-corrected chi connectivity index (χ1v) is 3.64. The number of hydrogen-bond donors (Lipinski definition) is 2. The van der Waals surface area contributed by atoms with Gasteiger partial charge in [0.25, 0.3) is 0 Å². The van der Waals surface area contributed by atoms with E-state index < -0.39 is 0 Å². The number of nitrogens with zero attached hydrogens (tertiary/aromatic N) is 1. The fraction of sp³-hybridized carbons (Fsp3) is 0.222. The van der Waals surface area contributed by atoms with E-state index in [1.165, 1.54) is 12.2 Å². The van der Waals surface area contributed by atoms with Gasteiger partial charge in [-0.3, -0.25) is 4.99 Å². The van der Waals surface area contributed by atoms with Crippen LogP contribution in [0.3, 0.4) is 0 Å². The lowest BCUT2D eigenvalue weighted by atomic mass is 10.1. The van der Waals surface area contributed by atoms with Crippen molar-refractivity contribution in [2.24, 2.45) is 10.9 Å². The molecular weight excluding hydrogens is 154 g/mol. The Bertz CT molecular complexity index is 274. The van der Waals surface area contributed by atoms with Crippen LogP contribution >= 0.6 is 0 Å². The molecule has 64 valence electrons. The van der Waals surface area contributed by atoms with Gasteiger partial charge >= 0.3 is 0 Å². The molecule has 1 atom stereocenters. The number of allylic oxidation sites excluding steroid dienone is 4. The van der Waals surface area contributed by atoms with Gasteiger partial charge in [-0.2, -0.15) is 0 Å². The zero-order valence-electron chi connectivity index (χ0n) is 6.81.